The van der Waals surface area contributed by atoms with Crippen LogP contribution < -0.4 is 29.7 Å². The number of carbonyl (C=O) groups is 4. The van der Waals surface area contributed by atoms with Gasteiger partial charge in [-0.15, -0.1) is 0 Å². The number of fused-ring (bicyclic) bond motifs is 1. The fraction of sp³-hybridized carbons (Fsp3) is 0.301. The van der Waals surface area contributed by atoms with Crippen molar-refractivity contribution < 1.29 is 184 Å². The second-order valence-corrected chi connectivity index (χ2v) is 31.8. The number of benzene rings is 7. The van der Waals surface area contributed by atoms with Crippen LogP contribution in [0.15, 0.2) is 224 Å². The standard InChI is InChI=1S/C21H20N3O2S2.C21H19N2O3S2.C21H19N2O2S.C20H24N3O4.4Y/c25-19(15-5-2-1-3-6-15)16-7-4-8-17(13-16)24-18(14-23-20(24)26)9-11-27-21-22-10-12-28-21;24-19(15-5-2-1-3-6-15)16-7-4-8-17(13-16)23-18(14-26-21(23)25)9-11-27-20-22-10-12-28-20;24-21-23(19(15-26-21)7-4-8-20-22-13-14-25-20)18-11-9-17(10-12-18)16-5-2-1-3-6-16;1-13(2)22-12-16(7-9-26-19-21-8-10-27-19)23(20(22)25)15-4-5-17-14(11-15)3-6-18(17)24;;;;/h1-8,10,13,18-19,25H,9,11,14H2,(H,23,26);1-8,10,13,18-19,24H,9,11,14H2;1-3,5-6,9-13,19H,4,7-8,15H2;4-5,8,11,13,16,18,24H,3,6-7,9,12H2,1-2H3;;;;/q4*-1;;;;/t2*18-,19?;19-;16-,18?;;;;/m0000..../s1. The Balaban J connectivity index is 0.000000171. The monoisotopic (exact) mass is 1910 g/mol. The van der Waals surface area contributed by atoms with Crippen LogP contribution in [-0.2, 0) is 148 Å². The summed E-state index contributed by atoms with van der Waals surface area (Å²) in [5, 5.41) is 40.5. The molecule has 0 spiro atoms. The third kappa shape index (κ3) is 24.7. The van der Waals surface area contributed by atoms with Crippen LogP contribution in [0.3, 0.4) is 0 Å². The van der Waals surface area contributed by atoms with Gasteiger partial charge in [0.15, 0.2) is 0 Å². The number of hydrogen-bond acceptors (Lipinski definition) is 20. The molecule has 7 atom stereocenters. The van der Waals surface area contributed by atoms with Gasteiger partial charge in [-0.3, -0.25) is 24.4 Å². The van der Waals surface area contributed by atoms with Crippen molar-refractivity contribution in [3.05, 3.63) is 269 Å². The molecule has 5 aliphatic rings. The van der Waals surface area contributed by atoms with E-state index in [4.69, 9.17) is 18.3 Å². The van der Waals surface area contributed by atoms with Crippen LogP contribution in [0.25, 0.3) is 11.1 Å². The molecule has 11 aromatic rings. The maximum Gasteiger partial charge on any atom is 0.414 e. The number of nitrogens with zero attached hydrogens (tertiary/aromatic N) is 9. The first-order valence-electron chi connectivity index (χ1n) is 36.2. The first-order chi connectivity index (χ1) is 53.3. The van der Waals surface area contributed by atoms with Crippen LogP contribution in [-0.4, -0.2) is 137 Å². The number of aliphatic hydroxyl groups is 3. The normalized spacial score (nSPS) is 17.9. The van der Waals surface area contributed by atoms with Gasteiger partial charge in [0.05, 0.1) is 30.8 Å². The number of urea groups is 2. The van der Waals surface area contributed by atoms with E-state index in [0.29, 0.717) is 38.6 Å². The third-order valence-corrected chi connectivity index (χ3v) is 24.0. The van der Waals surface area contributed by atoms with Gasteiger partial charge in [0.2, 0.25) is 6.08 Å². The Morgan fingerprint density at radius 1 is 0.575 bits per heavy atom. The van der Waals surface area contributed by atoms with Crippen molar-refractivity contribution in [2.75, 3.05) is 63.2 Å². The number of hydrogen-bond donors (Lipinski definition) is 4. The van der Waals surface area contributed by atoms with Crippen LogP contribution in [0, 0.1) is 23.3 Å². The summed E-state index contributed by atoms with van der Waals surface area (Å²) < 4.78 is 22.9. The minimum absolute atomic E-state index is 0. The molecular formula is C83H82N10O11S5Y4-4. The zero-order valence-corrected chi connectivity index (χ0v) is 77.8. The first-order valence-corrected chi connectivity index (χ1v) is 40.7. The summed E-state index contributed by atoms with van der Waals surface area (Å²) in [5.41, 5.74) is 11.0. The summed E-state index contributed by atoms with van der Waals surface area (Å²) in [6.45, 7) is 6.09. The number of ether oxygens (including phenoxy) is 2. The molecule has 4 radical (unpaired) electrons. The van der Waals surface area contributed by atoms with E-state index in [-0.39, 0.29) is 191 Å². The van der Waals surface area contributed by atoms with Gasteiger partial charge in [0.25, 0.3) is 5.24 Å². The molecule has 4 N–H and O–H groups in total. The number of oxazole rings is 2. The predicted octanol–water partition coefficient (Wildman–Crippen LogP) is 16.8. The van der Waals surface area contributed by atoms with E-state index in [1.165, 1.54) is 46.2 Å². The summed E-state index contributed by atoms with van der Waals surface area (Å²) in [7, 11) is 0. The SMILES string of the molecule is CC(C)N1C[C@H](CCOc2nc[c-]o2)N(c2ccc3c(c2)CCC3O)C1=O.O=C1NC[C@H](CCSc2nc[c-]s2)N1c1cccc(C(O)c2ccccc2)c1.O=C1OC[C@H](CCSc2nc[c-]s2)N1c1cccc(C(O)c2ccccc2)c1.O=C1SC[C@H](CCCc2nc[c-]o2)N1c1ccc(-c2ccccc2)cc1.[Y].[Y].[Y].[Y]. The van der Waals surface area contributed by atoms with Crippen LogP contribution in [0.4, 0.5) is 41.9 Å². The first kappa shape index (κ1) is 91.5. The number of carbonyl (C=O) groups excluding carboxylic acids is 4. The maximum absolute atomic E-state index is 13.0. The molecule has 4 aromatic heterocycles. The molecule has 16 rings (SSSR count). The largest absolute Gasteiger partial charge is 0.630 e. The number of thioether (sulfide) groups is 3. The van der Waals surface area contributed by atoms with E-state index in [1.54, 1.807) is 51.9 Å². The Morgan fingerprint density at radius 3 is 1.74 bits per heavy atom. The summed E-state index contributed by atoms with van der Waals surface area (Å²) in [6.07, 6.45) is 16.0. The summed E-state index contributed by atoms with van der Waals surface area (Å²) in [4.78, 5) is 75.9. The summed E-state index contributed by atoms with van der Waals surface area (Å²) in [6, 6.07) is 58.8. The van der Waals surface area contributed by atoms with Gasteiger partial charge in [-0.2, -0.15) is 34.3 Å². The minimum atomic E-state index is -0.741. The average molecular weight is 1910 g/mol. The Hall–Kier alpha value is -5.35. The van der Waals surface area contributed by atoms with Gasteiger partial charge in [0, 0.05) is 197 Å². The van der Waals surface area contributed by atoms with Crippen LogP contribution in [0.1, 0.15) is 110 Å². The number of aromatic nitrogens is 4. The van der Waals surface area contributed by atoms with Gasteiger partial charge < -0.3 is 86.5 Å². The summed E-state index contributed by atoms with van der Waals surface area (Å²) >= 11 is 7.75. The average Bonchev–Trinajstić information content (AvgIpc) is 1.64. The number of cyclic esters (lactones) is 1. The molecule has 4 fully saturated rings. The number of amides is 6. The van der Waals surface area contributed by atoms with Crippen LogP contribution >= 0.6 is 58.0 Å². The van der Waals surface area contributed by atoms with Crippen LogP contribution in [0.2, 0.25) is 0 Å². The smallest absolute Gasteiger partial charge is 0.414 e. The second-order valence-electron chi connectivity index (χ2n) is 26.5. The van der Waals surface area contributed by atoms with E-state index in [2.05, 4.69) is 72.8 Å². The molecular weight excluding hydrogens is 1830 g/mol. The van der Waals surface area contributed by atoms with E-state index < -0.39 is 18.3 Å². The van der Waals surface area contributed by atoms with Gasteiger partial charge in [-0.1, -0.05) is 177 Å². The maximum atomic E-state index is 13.0. The van der Waals surface area contributed by atoms with Gasteiger partial charge >= 0.3 is 18.2 Å². The molecule has 21 nitrogen and oxygen atoms in total. The molecule has 30 heteroatoms. The van der Waals surface area contributed by atoms with Crippen LogP contribution in [0.5, 0.6) is 6.08 Å². The van der Waals surface area contributed by atoms with E-state index in [1.807, 2.05) is 186 Å². The number of aliphatic hydroxyl groups excluding tert-OH is 3. The van der Waals surface area contributed by atoms with Gasteiger partial charge in [-0.25, -0.2) is 14.4 Å². The van der Waals surface area contributed by atoms with Crippen molar-refractivity contribution in [1.29, 1.82) is 0 Å². The molecule has 576 valence electrons. The van der Waals surface area contributed by atoms with Gasteiger partial charge in [0.1, 0.15) is 18.8 Å². The Kier molecular flexibility index (Phi) is 37.4. The molecule has 1 aliphatic carbocycles. The fourth-order valence-electron chi connectivity index (χ4n) is 13.7. The summed E-state index contributed by atoms with van der Waals surface area (Å²) in [5.74, 6) is 3.26. The van der Waals surface area contributed by atoms with Crippen molar-refractivity contribution in [2.45, 2.75) is 122 Å². The zero-order chi connectivity index (χ0) is 75.4. The quantitative estimate of drug-likeness (QED) is 0.0290. The molecule has 7 aromatic carbocycles. The second kappa shape index (κ2) is 46.1. The molecule has 3 unspecified atom stereocenters. The topological polar surface area (TPSA) is 253 Å². The number of anilines is 4. The zero-order valence-electron chi connectivity index (χ0n) is 62.3. The van der Waals surface area contributed by atoms with Crippen molar-refractivity contribution in [3.63, 3.8) is 0 Å². The molecule has 4 aliphatic heterocycles. The molecule has 113 heavy (non-hydrogen) atoms. The molecule has 8 heterocycles. The molecule has 0 bridgehead atoms. The number of thiazole rings is 2. The predicted molar refractivity (Wildman–Crippen MR) is 427 cm³/mol. The van der Waals surface area contributed by atoms with Gasteiger partial charge in [-0.05, 0) is 178 Å². The molecule has 0 saturated carbocycles. The van der Waals surface area contributed by atoms with Crippen molar-refractivity contribution >= 4 is 104 Å². The molecule has 6 amide bonds. The van der Waals surface area contributed by atoms with Crippen molar-refractivity contribution in [3.8, 4) is 17.2 Å². The number of rotatable bonds is 26. The Bertz CT molecular complexity index is 4540. The van der Waals surface area contributed by atoms with E-state index in [9.17, 15) is 34.5 Å². The van der Waals surface area contributed by atoms with E-state index in [0.717, 1.165) is 133 Å². The van der Waals surface area contributed by atoms with E-state index >= 15 is 0 Å². The van der Waals surface area contributed by atoms with Crippen molar-refractivity contribution in [2.24, 2.45) is 0 Å². The Morgan fingerprint density at radius 2 is 1.15 bits per heavy atom. The third-order valence-electron chi connectivity index (χ3n) is 19.2. The minimum Gasteiger partial charge on any atom is -0.630 e. The molecule has 4 saturated heterocycles. The Labute approximate surface area is 780 Å². The number of nitrogens with one attached hydrogen (secondary N) is 1. The number of aryl methyl sites for hydroxylation is 2. The van der Waals surface area contributed by atoms with Crippen molar-refractivity contribution in [1.82, 2.24) is 30.2 Å². The fourth-order valence-corrected chi connectivity index (χ4v) is 18.0.